The number of hydrogen-bond donors (Lipinski definition) is 1. The van der Waals surface area contributed by atoms with Gasteiger partial charge in [0.15, 0.2) is 6.10 Å². The van der Waals surface area contributed by atoms with Gasteiger partial charge < -0.3 is 10.1 Å². The van der Waals surface area contributed by atoms with Crippen molar-refractivity contribution in [2.45, 2.75) is 19.4 Å². The zero-order valence-electron chi connectivity index (χ0n) is 11.8. The highest BCUT2D eigenvalue weighted by Gasteiger charge is 2.21. The third-order valence-electron chi connectivity index (χ3n) is 2.97. The summed E-state index contributed by atoms with van der Waals surface area (Å²) < 4.78 is 32.6. The lowest BCUT2D eigenvalue weighted by Crippen LogP contribution is -2.33. The minimum absolute atomic E-state index is 0.338. The Hall–Kier alpha value is -2.14. The van der Waals surface area contributed by atoms with Gasteiger partial charge in [-0.05, 0) is 42.8 Å². The number of anilines is 1. The fraction of sp³-hybridized carbons (Fsp3) is 0.188. The van der Waals surface area contributed by atoms with E-state index in [1.54, 1.807) is 31.2 Å². The van der Waals surface area contributed by atoms with Gasteiger partial charge in [-0.2, -0.15) is 0 Å². The average molecular weight is 326 g/mol. The smallest absolute Gasteiger partial charge is 0.265 e. The minimum Gasteiger partial charge on any atom is -0.481 e. The second kappa shape index (κ2) is 7.22. The first kappa shape index (κ1) is 16.2. The van der Waals surface area contributed by atoms with Gasteiger partial charge in [0, 0.05) is 5.02 Å². The lowest BCUT2D eigenvalue weighted by Gasteiger charge is -2.17. The first-order valence-electron chi connectivity index (χ1n) is 6.68. The van der Waals surface area contributed by atoms with E-state index in [4.69, 9.17) is 16.3 Å². The molecule has 1 N–H and O–H groups in total. The minimum atomic E-state index is -0.875. The van der Waals surface area contributed by atoms with Crippen LogP contribution in [0.15, 0.2) is 42.5 Å². The van der Waals surface area contributed by atoms with Gasteiger partial charge in [-0.25, -0.2) is 8.78 Å². The molecule has 0 aliphatic rings. The van der Waals surface area contributed by atoms with Crippen LogP contribution in [0.25, 0.3) is 0 Å². The maximum absolute atomic E-state index is 13.5. The summed E-state index contributed by atoms with van der Waals surface area (Å²) in [5, 5.41) is 2.76. The molecule has 2 rings (SSSR count). The van der Waals surface area contributed by atoms with Crippen LogP contribution in [-0.4, -0.2) is 12.0 Å². The summed E-state index contributed by atoms with van der Waals surface area (Å²) in [6.45, 7) is 1.73. The topological polar surface area (TPSA) is 38.3 Å². The van der Waals surface area contributed by atoms with Gasteiger partial charge in [0.1, 0.15) is 23.1 Å². The van der Waals surface area contributed by atoms with Gasteiger partial charge in [-0.3, -0.25) is 4.79 Å². The number of amides is 1. The Morgan fingerprint density at radius 1 is 1.18 bits per heavy atom. The predicted molar refractivity (Wildman–Crippen MR) is 81.1 cm³/mol. The molecule has 0 spiro atoms. The van der Waals surface area contributed by atoms with E-state index in [1.807, 2.05) is 0 Å². The molecule has 2 aromatic carbocycles. The van der Waals surface area contributed by atoms with Crippen LogP contribution < -0.4 is 10.1 Å². The Kier molecular flexibility index (Phi) is 5.33. The second-order valence-electron chi connectivity index (χ2n) is 4.55. The summed E-state index contributed by atoms with van der Waals surface area (Å²) in [4.78, 5) is 12.1. The van der Waals surface area contributed by atoms with Crippen molar-refractivity contribution >= 4 is 23.2 Å². The Balaban J connectivity index is 2.10. The molecule has 0 saturated heterocycles. The highest BCUT2D eigenvalue weighted by Crippen LogP contribution is 2.21. The van der Waals surface area contributed by atoms with Crippen LogP contribution in [0.4, 0.5) is 14.5 Å². The van der Waals surface area contributed by atoms with Crippen molar-refractivity contribution in [3.8, 4) is 5.75 Å². The summed E-state index contributed by atoms with van der Waals surface area (Å²) >= 11 is 5.77. The van der Waals surface area contributed by atoms with Crippen molar-refractivity contribution in [2.24, 2.45) is 0 Å². The molecule has 6 heteroatoms. The number of halogens is 3. The van der Waals surface area contributed by atoms with Gasteiger partial charge in [-0.1, -0.05) is 24.6 Å². The SMILES string of the molecule is CC[C@H](Oc1ccc(Cl)cc1)C(=O)Nc1c(F)cccc1F. The molecule has 0 radical (unpaired) electrons. The second-order valence-corrected chi connectivity index (χ2v) is 4.99. The number of carbonyl (C=O) groups excluding carboxylic acids is 1. The van der Waals surface area contributed by atoms with Crippen LogP contribution >= 0.6 is 11.6 Å². The number of ether oxygens (including phenoxy) is 1. The molecule has 3 nitrogen and oxygen atoms in total. The van der Waals surface area contributed by atoms with E-state index in [0.29, 0.717) is 17.2 Å². The lowest BCUT2D eigenvalue weighted by molar-refractivity contribution is -0.122. The first-order chi connectivity index (χ1) is 10.5. The van der Waals surface area contributed by atoms with Gasteiger partial charge >= 0.3 is 0 Å². The summed E-state index contributed by atoms with van der Waals surface area (Å²) in [7, 11) is 0. The van der Waals surface area contributed by atoms with Gasteiger partial charge in [0.25, 0.3) is 5.91 Å². The molecule has 0 aliphatic carbocycles. The van der Waals surface area contributed by atoms with E-state index in [2.05, 4.69) is 5.32 Å². The third kappa shape index (κ3) is 3.95. The Bertz CT molecular complexity index is 641. The van der Waals surface area contributed by atoms with Gasteiger partial charge in [0.05, 0.1) is 0 Å². The van der Waals surface area contributed by atoms with Crippen LogP contribution in [0.2, 0.25) is 5.02 Å². The largest absolute Gasteiger partial charge is 0.481 e. The van der Waals surface area contributed by atoms with E-state index in [1.165, 1.54) is 6.07 Å². The predicted octanol–water partition coefficient (Wildman–Crippen LogP) is 4.41. The Labute approximate surface area is 131 Å². The number of benzene rings is 2. The standard InChI is InChI=1S/C16H14ClF2NO2/c1-2-14(22-11-8-6-10(17)7-9-11)16(21)20-15-12(18)4-3-5-13(15)19/h3-9,14H,2H2,1H3,(H,20,21)/t14-/m0/s1. The molecule has 0 saturated carbocycles. The molecule has 2 aromatic rings. The zero-order chi connectivity index (χ0) is 16.1. The fourth-order valence-corrected chi connectivity index (χ4v) is 1.95. The average Bonchev–Trinajstić information content (AvgIpc) is 2.50. The summed E-state index contributed by atoms with van der Waals surface area (Å²) in [5.41, 5.74) is -0.481. The van der Waals surface area contributed by atoms with Crippen molar-refractivity contribution in [1.82, 2.24) is 0 Å². The van der Waals surface area contributed by atoms with E-state index >= 15 is 0 Å². The number of rotatable bonds is 5. The van der Waals surface area contributed by atoms with Crippen molar-refractivity contribution in [1.29, 1.82) is 0 Å². The Morgan fingerprint density at radius 2 is 1.77 bits per heavy atom. The number of carbonyl (C=O) groups is 1. The molecule has 1 atom stereocenters. The first-order valence-corrected chi connectivity index (χ1v) is 7.06. The molecule has 0 aromatic heterocycles. The van der Waals surface area contributed by atoms with Crippen LogP contribution in [0.3, 0.4) is 0 Å². The van der Waals surface area contributed by atoms with Crippen molar-refractivity contribution in [3.63, 3.8) is 0 Å². The van der Waals surface area contributed by atoms with Gasteiger partial charge in [-0.15, -0.1) is 0 Å². The normalized spacial score (nSPS) is 11.8. The van der Waals surface area contributed by atoms with Crippen LogP contribution in [0, 0.1) is 11.6 Å². The monoisotopic (exact) mass is 325 g/mol. The molecule has 0 heterocycles. The van der Waals surface area contributed by atoms with E-state index in [0.717, 1.165) is 12.1 Å². The summed E-state index contributed by atoms with van der Waals surface area (Å²) in [6, 6.07) is 9.83. The summed E-state index contributed by atoms with van der Waals surface area (Å²) in [6.07, 6.45) is -0.537. The molecular formula is C16H14ClF2NO2. The fourth-order valence-electron chi connectivity index (χ4n) is 1.82. The maximum atomic E-state index is 13.5. The third-order valence-corrected chi connectivity index (χ3v) is 3.22. The summed E-state index contributed by atoms with van der Waals surface area (Å²) in [5.74, 6) is -1.86. The molecular weight excluding hydrogens is 312 g/mol. The van der Waals surface area contributed by atoms with E-state index in [-0.39, 0.29) is 0 Å². The molecule has 0 fully saturated rings. The molecule has 0 unspecified atom stereocenters. The number of para-hydroxylation sites is 1. The van der Waals surface area contributed by atoms with Crippen molar-refractivity contribution in [3.05, 3.63) is 59.1 Å². The van der Waals surface area contributed by atoms with Gasteiger partial charge in [0.2, 0.25) is 0 Å². The van der Waals surface area contributed by atoms with Crippen LogP contribution in [-0.2, 0) is 4.79 Å². The highest BCUT2D eigenvalue weighted by molar-refractivity contribution is 6.30. The van der Waals surface area contributed by atoms with Crippen molar-refractivity contribution in [2.75, 3.05) is 5.32 Å². The zero-order valence-corrected chi connectivity index (χ0v) is 12.5. The molecule has 22 heavy (non-hydrogen) atoms. The molecule has 116 valence electrons. The highest BCUT2D eigenvalue weighted by atomic mass is 35.5. The van der Waals surface area contributed by atoms with Crippen LogP contribution in [0.5, 0.6) is 5.75 Å². The van der Waals surface area contributed by atoms with Crippen molar-refractivity contribution < 1.29 is 18.3 Å². The Morgan fingerprint density at radius 3 is 2.32 bits per heavy atom. The molecule has 0 bridgehead atoms. The maximum Gasteiger partial charge on any atom is 0.265 e. The molecule has 1 amide bonds. The van der Waals surface area contributed by atoms with E-state index < -0.39 is 29.3 Å². The number of hydrogen-bond acceptors (Lipinski definition) is 2. The lowest BCUT2D eigenvalue weighted by atomic mass is 10.2. The quantitative estimate of drug-likeness (QED) is 0.884. The number of nitrogens with one attached hydrogen (secondary N) is 1. The van der Waals surface area contributed by atoms with E-state index in [9.17, 15) is 13.6 Å². The van der Waals surface area contributed by atoms with Crippen LogP contribution in [0.1, 0.15) is 13.3 Å². The molecule has 0 aliphatic heterocycles.